The SMILES string of the molecule is CN1N=C2C(C)(C)CN(C(=O)OC(C)(C)C)CC2(Cc2ccccc2)C1=O. The summed E-state index contributed by atoms with van der Waals surface area (Å²) in [6, 6.07) is 9.91. The van der Waals surface area contributed by atoms with E-state index in [1.54, 1.807) is 11.9 Å². The number of likely N-dealkylation sites (tertiary alicyclic amines) is 1. The average molecular weight is 371 g/mol. The molecule has 1 unspecified atom stereocenters. The first-order chi connectivity index (χ1) is 12.4. The number of carbonyl (C=O) groups excluding carboxylic acids is 2. The third-order valence-electron chi connectivity index (χ3n) is 5.09. The van der Waals surface area contributed by atoms with E-state index in [0.717, 1.165) is 11.3 Å². The molecule has 146 valence electrons. The Morgan fingerprint density at radius 3 is 2.41 bits per heavy atom. The molecule has 1 aromatic carbocycles. The van der Waals surface area contributed by atoms with Crippen molar-refractivity contribution in [3.63, 3.8) is 0 Å². The molecule has 3 rings (SSSR count). The zero-order chi connectivity index (χ0) is 20.0. The number of hydrazone groups is 1. The first-order valence-corrected chi connectivity index (χ1v) is 9.34. The van der Waals surface area contributed by atoms with E-state index in [1.807, 2.05) is 65.0 Å². The van der Waals surface area contributed by atoms with Gasteiger partial charge in [-0.1, -0.05) is 44.2 Å². The van der Waals surface area contributed by atoms with Gasteiger partial charge in [0.05, 0.1) is 5.71 Å². The van der Waals surface area contributed by atoms with Crippen molar-refractivity contribution in [2.24, 2.45) is 15.9 Å². The Balaban J connectivity index is 2.01. The minimum absolute atomic E-state index is 0.0670. The van der Waals surface area contributed by atoms with Crippen molar-refractivity contribution in [3.05, 3.63) is 35.9 Å². The fourth-order valence-corrected chi connectivity index (χ4v) is 4.18. The van der Waals surface area contributed by atoms with Crippen molar-refractivity contribution in [2.75, 3.05) is 20.1 Å². The van der Waals surface area contributed by atoms with Gasteiger partial charge in [-0.25, -0.2) is 9.80 Å². The molecule has 6 heteroatoms. The summed E-state index contributed by atoms with van der Waals surface area (Å²) in [5, 5.41) is 6.03. The molecule has 1 saturated heterocycles. The van der Waals surface area contributed by atoms with Crippen molar-refractivity contribution in [2.45, 2.75) is 46.6 Å². The number of nitrogens with zero attached hydrogens (tertiary/aromatic N) is 3. The molecule has 1 aromatic rings. The number of benzene rings is 1. The predicted molar refractivity (Wildman–Crippen MR) is 104 cm³/mol. The van der Waals surface area contributed by atoms with Gasteiger partial charge in [-0.2, -0.15) is 5.10 Å². The molecule has 2 heterocycles. The molecule has 1 fully saturated rings. The number of amides is 2. The largest absolute Gasteiger partial charge is 0.444 e. The van der Waals surface area contributed by atoms with Gasteiger partial charge < -0.3 is 9.64 Å². The number of hydrogen-bond acceptors (Lipinski definition) is 4. The zero-order valence-corrected chi connectivity index (χ0v) is 17.1. The van der Waals surface area contributed by atoms with Crippen LogP contribution in [0.3, 0.4) is 0 Å². The van der Waals surface area contributed by atoms with Gasteiger partial charge in [-0.15, -0.1) is 0 Å². The van der Waals surface area contributed by atoms with E-state index in [0.29, 0.717) is 13.0 Å². The van der Waals surface area contributed by atoms with Gasteiger partial charge in [0.25, 0.3) is 5.91 Å². The van der Waals surface area contributed by atoms with Crippen LogP contribution >= 0.6 is 0 Å². The summed E-state index contributed by atoms with van der Waals surface area (Å²) in [5.74, 6) is -0.0670. The van der Waals surface area contributed by atoms with Gasteiger partial charge in [0.2, 0.25) is 0 Å². The molecule has 0 radical (unpaired) electrons. The molecule has 0 bridgehead atoms. The molecule has 2 aliphatic rings. The summed E-state index contributed by atoms with van der Waals surface area (Å²) in [4.78, 5) is 27.7. The maximum Gasteiger partial charge on any atom is 0.410 e. The topological polar surface area (TPSA) is 62.2 Å². The van der Waals surface area contributed by atoms with Crippen molar-refractivity contribution < 1.29 is 14.3 Å². The molecule has 0 spiro atoms. The van der Waals surface area contributed by atoms with Crippen LogP contribution in [-0.4, -0.2) is 53.4 Å². The van der Waals surface area contributed by atoms with Crippen LogP contribution in [0, 0.1) is 10.8 Å². The average Bonchev–Trinajstić information content (AvgIpc) is 2.80. The number of ether oxygens (including phenoxy) is 1. The second kappa shape index (κ2) is 6.36. The highest BCUT2D eigenvalue weighted by atomic mass is 16.6. The fraction of sp³-hybridized carbons (Fsp3) is 0.571. The summed E-state index contributed by atoms with van der Waals surface area (Å²) in [5.41, 5.74) is 0.0412. The monoisotopic (exact) mass is 371 g/mol. The molecular formula is C21H29N3O3. The summed E-state index contributed by atoms with van der Waals surface area (Å²) in [6.07, 6.45) is 0.128. The molecule has 0 aliphatic carbocycles. The van der Waals surface area contributed by atoms with Gasteiger partial charge in [0.1, 0.15) is 11.0 Å². The highest BCUT2D eigenvalue weighted by Gasteiger charge is 2.59. The Morgan fingerprint density at radius 1 is 1.19 bits per heavy atom. The highest BCUT2D eigenvalue weighted by molar-refractivity contribution is 6.15. The van der Waals surface area contributed by atoms with Crippen LogP contribution in [0.15, 0.2) is 35.4 Å². The maximum atomic E-state index is 13.2. The maximum absolute atomic E-state index is 13.2. The molecule has 2 aliphatic heterocycles. The third-order valence-corrected chi connectivity index (χ3v) is 5.09. The lowest BCUT2D eigenvalue weighted by Gasteiger charge is -2.47. The molecule has 0 saturated carbocycles. The van der Waals surface area contributed by atoms with Gasteiger partial charge in [-0.3, -0.25) is 4.79 Å². The minimum Gasteiger partial charge on any atom is -0.444 e. The van der Waals surface area contributed by atoms with Crippen LogP contribution < -0.4 is 0 Å². The Morgan fingerprint density at radius 2 is 1.81 bits per heavy atom. The van der Waals surface area contributed by atoms with E-state index >= 15 is 0 Å². The number of rotatable bonds is 2. The quantitative estimate of drug-likeness (QED) is 0.801. The Kier molecular flexibility index (Phi) is 4.57. The lowest BCUT2D eigenvalue weighted by Crippen LogP contribution is -2.62. The normalized spacial score (nSPS) is 24.5. The third kappa shape index (κ3) is 3.57. The van der Waals surface area contributed by atoms with Crippen LogP contribution in [0.5, 0.6) is 0 Å². The number of hydrogen-bond donors (Lipinski definition) is 0. The zero-order valence-electron chi connectivity index (χ0n) is 17.1. The molecule has 2 amide bonds. The van der Waals surface area contributed by atoms with E-state index in [4.69, 9.17) is 4.74 Å². The smallest absolute Gasteiger partial charge is 0.410 e. The predicted octanol–water partition coefficient (Wildman–Crippen LogP) is 3.32. The summed E-state index contributed by atoms with van der Waals surface area (Å²) >= 11 is 0. The van der Waals surface area contributed by atoms with Crippen LogP contribution in [0.4, 0.5) is 4.79 Å². The standard InChI is InChI=1S/C21H29N3O3/c1-19(2,3)27-18(26)24-13-20(4,5)16-21(14-24,17(25)23(6)22-16)12-15-10-8-7-9-11-15/h7-11H,12-14H2,1-6H3. The van der Waals surface area contributed by atoms with Gasteiger partial charge >= 0.3 is 6.09 Å². The van der Waals surface area contributed by atoms with Crippen molar-refractivity contribution in [1.29, 1.82) is 0 Å². The van der Waals surface area contributed by atoms with Crippen LogP contribution in [-0.2, 0) is 16.0 Å². The first kappa shape index (κ1) is 19.4. The highest BCUT2D eigenvalue weighted by Crippen LogP contribution is 2.45. The summed E-state index contributed by atoms with van der Waals surface area (Å²) in [6.45, 7) is 10.4. The number of piperidine rings is 1. The molecule has 0 N–H and O–H groups in total. The molecule has 27 heavy (non-hydrogen) atoms. The van der Waals surface area contributed by atoms with Gasteiger partial charge in [-0.05, 0) is 32.8 Å². The van der Waals surface area contributed by atoms with Crippen molar-refractivity contribution in [3.8, 4) is 0 Å². The van der Waals surface area contributed by atoms with Gasteiger partial charge in [0.15, 0.2) is 0 Å². The Hall–Kier alpha value is -2.37. The molecule has 0 aromatic heterocycles. The van der Waals surface area contributed by atoms with Crippen LogP contribution in [0.2, 0.25) is 0 Å². The number of fused-ring (bicyclic) bond motifs is 1. The second-order valence-electron chi connectivity index (χ2n) is 9.24. The van der Waals surface area contributed by atoms with Crippen molar-refractivity contribution >= 4 is 17.7 Å². The van der Waals surface area contributed by atoms with E-state index in [9.17, 15) is 9.59 Å². The van der Waals surface area contributed by atoms with Gasteiger partial charge in [0, 0.05) is 25.6 Å². The molecule has 1 atom stereocenters. The van der Waals surface area contributed by atoms with E-state index in [1.165, 1.54) is 5.01 Å². The minimum atomic E-state index is -0.852. The fourth-order valence-electron chi connectivity index (χ4n) is 4.18. The Labute approximate surface area is 161 Å². The number of carbonyl (C=O) groups is 2. The van der Waals surface area contributed by atoms with Crippen molar-refractivity contribution in [1.82, 2.24) is 9.91 Å². The first-order valence-electron chi connectivity index (χ1n) is 9.34. The second-order valence-corrected chi connectivity index (χ2v) is 9.24. The summed E-state index contributed by atoms with van der Waals surface area (Å²) < 4.78 is 5.60. The van der Waals surface area contributed by atoms with Crippen LogP contribution in [0.25, 0.3) is 0 Å². The molecule has 6 nitrogen and oxygen atoms in total. The molecular weight excluding hydrogens is 342 g/mol. The Bertz CT molecular complexity index is 780. The van der Waals surface area contributed by atoms with E-state index in [2.05, 4.69) is 5.10 Å². The van der Waals surface area contributed by atoms with E-state index in [-0.39, 0.29) is 18.5 Å². The van der Waals surface area contributed by atoms with Crippen LogP contribution in [0.1, 0.15) is 40.2 Å². The lowest BCUT2D eigenvalue weighted by atomic mass is 9.64. The van der Waals surface area contributed by atoms with E-state index < -0.39 is 16.4 Å². The lowest BCUT2D eigenvalue weighted by molar-refractivity contribution is -0.136. The summed E-state index contributed by atoms with van der Waals surface area (Å²) in [7, 11) is 1.69.